The third-order valence-corrected chi connectivity index (χ3v) is 4.37. The molecular formula is C19H11N3O5. The molecule has 0 N–H and O–H groups in total. The van der Waals surface area contributed by atoms with Gasteiger partial charge in [0.15, 0.2) is 5.43 Å². The molecule has 0 fully saturated rings. The summed E-state index contributed by atoms with van der Waals surface area (Å²) in [5.74, 6) is 0. The SMILES string of the molecule is O=c1c2cc([N+](=O)[O-])ccc2n(-c2ccccc2)c2cc([N+](=O)[O-])ccc12. The molecule has 8 nitrogen and oxygen atoms in total. The predicted molar refractivity (Wildman–Crippen MR) is 100 cm³/mol. The summed E-state index contributed by atoms with van der Waals surface area (Å²) in [6.45, 7) is 0. The summed E-state index contributed by atoms with van der Waals surface area (Å²) in [6.07, 6.45) is 0. The van der Waals surface area contributed by atoms with E-state index < -0.39 is 15.3 Å². The van der Waals surface area contributed by atoms with Crippen molar-refractivity contribution in [3.63, 3.8) is 0 Å². The van der Waals surface area contributed by atoms with Gasteiger partial charge in [-0.2, -0.15) is 0 Å². The van der Waals surface area contributed by atoms with Crippen molar-refractivity contribution >= 4 is 33.2 Å². The van der Waals surface area contributed by atoms with Gasteiger partial charge in [0.2, 0.25) is 0 Å². The molecule has 27 heavy (non-hydrogen) atoms. The average molecular weight is 361 g/mol. The number of nitro benzene ring substituents is 2. The molecule has 132 valence electrons. The number of nitrogens with zero attached hydrogens (tertiary/aromatic N) is 3. The van der Waals surface area contributed by atoms with Crippen LogP contribution in [-0.4, -0.2) is 14.4 Å². The molecule has 0 spiro atoms. The zero-order valence-electron chi connectivity index (χ0n) is 13.7. The second-order valence-corrected chi connectivity index (χ2v) is 5.92. The minimum absolute atomic E-state index is 0.146. The number of benzene rings is 3. The van der Waals surface area contributed by atoms with Crippen molar-refractivity contribution in [2.75, 3.05) is 0 Å². The lowest BCUT2D eigenvalue weighted by Gasteiger charge is -2.15. The molecule has 0 saturated carbocycles. The van der Waals surface area contributed by atoms with Crippen molar-refractivity contribution in [2.45, 2.75) is 0 Å². The molecule has 0 saturated heterocycles. The lowest BCUT2D eigenvalue weighted by Crippen LogP contribution is -2.11. The third-order valence-electron chi connectivity index (χ3n) is 4.37. The topological polar surface area (TPSA) is 108 Å². The Morgan fingerprint density at radius 3 is 2.00 bits per heavy atom. The van der Waals surface area contributed by atoms with Crippen molar-refractivity contribution in [1.29, 1.82) is 0 Å². The molecule has 0 aliphatic rings. The fourth-order valence-electron chi connectivity index (χ4n) is 3.16. The van der Waals surface area contributed by atoms with E-state index in [1.807, 2.05) is 6.07 Å². The van der Waals surface area contributed by atoms with Crippen LogP contribution in [-0.2, 0) is 0 Å². The lowest BCUT2D eigenvalue weighted by molar-refractivity contribution is -0.384. The third kappa shape index (κ3) is 2.60. The predicted octanol–water partition coefficient (Wildman–Crippen LogP) is 3.96. The number of rotatable bonds is 3. The number of fused-ring (bicyclic) bond motifs is 2. The smallest absolute Gasteiger partial charge is 0.271 e. The van der Waals surface area contributed by atoms with E-state index in [-0.39, 0.29) is 22.1 Å². The molecule has 8 heteroatoms. The highest BCUT2D eigenvalue weighted by atomic mass is 16.6. The van der Waals surface area contributed by atoms with Crippen LogP contribution in [0.5, 0.6) is 0 Å². The normalized spacial score (nSPS) is 11.0. The Morgan fingerprint density at radius 1 is 0.704 bits per heavy atom. The van der Waals surface area contributed by atoms with Crippen LogP contribution >= 0.6 is 0 Å². The van der Waals surface area contributed by atoms with Crippen LogP contribution in [0.25, 0.3) is 27.5 Å². The maximum Gasteiger partial charge on any atom is 0.271 e. The van der Waals surface area contributed by atoms with Crippen LogP contribution < -0.4 is 5.43 Å². The molecule has 0 atom stereocenters. The van der Waals surface area contributed by atoms with Gasteiger partial charge >= 0.3 is 0 Å². The monoisotopic (exact) mass is 361 g/mol. The minimum atomic E-state index is -0.564. The van der Waals surface area contributed by atoms with Crippen molar-refractivity contribution < 1.29 is 9.85 Å². The van der Waals surface area contributed by atoms with Gasteiger partial charge in [0.1, 0.15) is 0 Å². The van der Waals surface area contributed by atoms with Crippen molar-refractivity contribution in [3.8, 4) is 5.69 Å². The standard InChI is InChI=1S/C19H11N3O5/c23-19-15-8-6-14(22(26)27)11-18(15)20(12-4-2-1-3-5-12)17-9-7-13(21(24)25)10-16(17)19/h1-11H. The van der Waals surface area contributed by atoms with Crippen molar-refractivity contribution in [1.82, 2.24) is 4.57 Å². The highest BCUT2D eigenvalue weighted by molar-refractivity contribution is 5.96. The molecule has 1 aromatic heterocycles. The van der Waals surface area contributed by atoms with Crippen LogP contribution in [0.3, 0.4) is 0 Å². The number of hydrogen-bond donors (Lipinski definition) is 0. The van der Waals surface area contributed by atoms with E-state index in [1.165, 1.54) is 36.4 Å². The summed E-state index contributed by atoms with van der Waals surface area (Å²) >= 11 is 0. The number of hydrogen-bond acceptors (Lipinski definition) is 5. The minimum Gasteiger partial charge on any atom is -0.309 e. The largest absolute Gasteiger partial charge is 0.309 e. The maximum atomic E-state index is 12.9. The first-order valence-electron chi connectivity index (χ1n) is 7.94. The fourth-order valence-corrected chi connectivity index (χ4v) is 3.16. The molecule has 0 bridgehead atoms. The van der Waals surface area contributed by atoms with E-state index in [2.05, 4.69) is 0 Å². The zero-order valence-corrected chi connectivity index (χ0v) is 13.7. The van der Waals surface area contributed by atoms with E-state index in [9.17, 15) is 25.0 Å². The van der Waals surface area contributed by atoms with Crippen LogP contribution in [0.1, 0.15) is 0 Å². The fraction of sp³-hybridized carbons (Fsp3) is 0. The van der Waals surface area contributed by atoms with Gasteiger partial charge in [0.25, 0.3) is 11.4 Å². The molecule has 4 aromatic rings. The Balaban J connectivity index is 2.24. The van der Waals surface area contributed by atoms with Gasteiger partial charge in [-0.1, -0.05) is 18.2 Å². The molecule has 0 unspecified atom stereocenters. The molecule has 0 aliphatic carbocycles. The van der Waals surface area contributed by atoms with Gasteiger partial charge in [0.05, 0.1) is 26.3 Å². The molecular weight excluding hydrogens is 350 g/mol. The first-order valence-corrected chi connectivity index (χ1v) is 7.94. The summed E-state index contributed by atoms with van der Waals surface area (Å²) in [6, 6.07) is 17.0. The summed E-state index contributed by atoms with van der Waals surface area (Å²) < 4.78 is 1.70. The molecule has 0 amide bonds. The Labute approximate surface area is 151 Å². The van der Waals surface area contributed by atoms with Crippen LogP contribution in [0.2, 0.25) is 0 Å². The second-order valence-electron chi connectivity index (χ2n) is 5.92. The van der Waals surface area contributed by atoms with Gasteiger partial charge in [-0.3, -0.25) is 25.0 Å². The summed E-state index contributed by atoms with van der Waals surface area (Å²) in [7, 11) is 0. The zero-order chi connectivity index (χ0) is 19.1. The van der Waals surface area contributed by atoms with Crippen LogP contribution in [0, 0.1) is 20.2 Å². The van der Waals surface area contributed by atoms with Crippen molar-refractivity contribution in [3.05, 3.63) is 97.2 Å². The van der Waals surface area contributed by atoms with Gasteiger partial charge in [0, 0.05) is 35.3 Å². The number of pyridine rings is 1. The Morgan fingerprint density at radius 2 is 1.33 bits per heavy atom. The maximum absolute atomic E-state index is 12.9. The highest BCUT2D eigenvalue weighted by Crippen LogP contribution is 2.28. The Bertz CT molecular complexity index is 1300. The van der Waals surface area contributed by atoms with Crippen molar-refractivity contribution in [2.24, 2.45) is 0 Å². The number of aromatic nitrogens is 1. The quantitative estimate of drug-likeness (QED) is 0.312. The number of non-ortho nitro benzene ring substituents is 2. The summed E-state index contributed by atoms with van der Waals surface area (Å²) in [4.78, 5) is 34.1. The average Bonchev–Trinajstić information content (AvgIpc) is 2.68. The van der Waals surface area contributed by atoms with Gasteiger partial charge in [-0.15, -0.1) is 0 Å². The van der Waals surface area contributed by atoms with Crippen LogP contribution in [0.4, 0.5) is 11.4 Å². The van der Waals surface area contributed by atoms with E-state index >= 15 is 0 Å². The van der Waals surface area contributed by atoms with Crippen LogP contribution in [0.15, 0.2) is 71.5 Å². The lowest BCUT2D eigenvalue weighted by atomic mass is 10.1. The molecule has 1 heterocycles. The Hall–Kier alpha value is -4.07. The van der Waals surface area contributed by atoms with Gasteiger partial charge in [-0.05, 0) is 24.3 Å². The molecule has 3 aromatic carbocycles. The van der Waals surface area contributed by atoms with E-state index in [0.717, 1.165) is 0 Å². The Kier molecular flexibility index (Phi) is 3.66. The summed E-state index contributed by atoms with van der Waals surface area (Å²) in [5, 5.41) is 22.7. The van der Waals surface area contributed by atoms with E-state index in [1.54, 1.807) is 28.8 Å². The first-order chi connectivity index (χ1) is 13.0. The molecule has 4 rings (SSSR count). The van der Waals surface area contributed by atoms with Gasteiger partial charge in [-0.25, -0.2) is 0 Å². The highest BCUT2D eigenvalue weighted by Gasteiger charge is 2.18. The van der Waals surface area contributed by atoms with E-state index in [0.29, 0.717) is 16.7 Å². The molecule has 0 radical (unpaired) electrons. The molecule has 0 aliphatic heterocycles. The number of nitro groups is 2. The van der Waals surface area contributed by atoms with E-state index in [4.69, 9.17) is 0 Å². The second kappa shape index (κ2) is 6.03. The number of para-hydroxylation sites is 1. The summed E-state index contributed by atoms with van der Waals surface area (Å²) in [5.41, 5.74) is 0.729. The first kappa shape index (κ1) is 16.4. The van der Waals surface area contributed by atoms with Gasteiger partial charge < -0.3 is 4.57 Å².